The quantitative estimate of drug-likeness (QED) is 0.845. The van der Waals surface area contributed by atoms with Crippen LogP contribution < -0.4 is 5.73 Å². The van der Waals surface area contributed by atoms with E-state index in [1.807, 2.05) is 0 Å². The molecule has 1 aromatic rings. The lowest BCUT2D eigenvalue weighted by molar-refractivity contribution is 0.0852. The fourth-order valence-electron chi connectivity index (χ4n) is 1.33. The van der Waals surface area contributed by atoms with E-state index in [1.165, 1.54) is 0 Å². The Hall–Kier alpha value is -0.850. The Labute approximate surface area is 101 Å². The van der Waals surface area contributed by atoms with Crippen molar-refractivity contribution >= 4 is 10.8 Å². The summed E-state index contributed by atoms with van der Waals surface area (Å²) in [5, 5.41) is 0. The molecule has 2 atom stereocenters. The minimum Gasteiger partial charge on any atom is -0.376 e. The number of hydrogen-bond acceptors (Lipinski definition) is 3. The van der Waals surface area contributed by atoms with Crippen LogP contribution in [0.25, 0.3) is 0 Å². The Bertz CT molecular complexity index is 401. The zero-order valence-corrected chi connectivity index (χ0v) is 10.3. The van der Waals surface area contributed by atoms with Crippen LogP contribution in [0.2, 0.25) is 0 Å². The summed E-state index contributed by atoms with van der Waals surface area (Å²) in [5.41, 5.74) is 5.43. The van der Waals surface area contributed by atoms with Crippen LogP contribution in [0.5, 0.6) is 0 Å². The lowest BCUT2D eigenvalue weighted by Gasteiger charge is -2.14. The van der Waals surface area contributed by atoms with Crippen LogP contribution in [0.3, 0.4) is 0 Å². The molecule has 6 heteroatoms. The average molecular weight is 263 g/mol. The third-order valence-electron chi connectivity index (χ3n) is 2.14. The fourth-order valence-corrected chi connectivity index (χ4v) is 2.61. The summed E-state index contributed by atoms with van der Waals surface area (Å²) in [6.07, 6.45) is -0.413. The number of benzene rings is 1. The zero-order chi connectivity index (χ0) is 12.8. The molecule has 0 aromatic heterocycles. The predicted octanol–water partition coefficient (Wildman–Crippen LogP) is 1.44. The maximum atomic E-state index is 13.3. The number of nitrogens with two attached hydrogens (primary N) is 1. The topological polar surface area (TPSA) is 52.3 Å². The molecule has 0 saturated carbocycles. The SMILES string of the molecule is CCOC(CN)CS(=O)c1cc(F)ccc1F. The Balaban J connectivity index is 2.78. The number of halogens is 2. The van der Waals surface area contributed by atoms with Crippen molar-refractivity contribution < 1.29 is 17.7 Å². The highest BCUT2D eigenvalue weighted by Gasteiger charge is 2.16. The van der Waals surface area contributed by atoms with Crippen molar-refractivity contribution in [1.82, 2.24) is 0 Å². The first-order chi connectivity index (χ1) is 8.08. The van der Waals surface area contributed by atoms with Gasteiger partial charge in [-0.25, -0.2) is 8.78 Å². The normalized spacial score (nSPS) is 14.6. The van der Waals surface area contributed by atoms with Gasteiger partial charge in [0.2, 0.25) is 0 Å². The lowest BCUT2D eigenvalue weighted by Crippen LogP contribution is -2.29. The Morgan fingerprint density at radius 3 is 2.76 bits per heavy atom. The van der Waals surface area contributed by atoms with E-state index in [4.69, 9.17) is 10.5 Å². The van der Waals surface area contributed by atoms with E-state index in [0.717, 1.165) is 18.2 Å². The van der Waals surface area contributed by atoms with Gasteiger partial charge in [0.05, 0.1) is 27.6 Å². The molecule has 0 saturated heterocycles. The molecule has 0 aliphatic carbocycles. The standard InChI is InChI=1S/C11H15F2NO2S/c1-2-16-9(6-14)7-17(15)11-5-8(12)3-4-10(11)13/h3-5,9H,2,6-7,14H2,1H3. The largest absolute Gasteiger partial charge is 0.376 e. The van der Waals surface area contributed by atoms with E-state index in [0.29, 0.717) is 6.61 Å². The second-order valence-electron chi connectivity index (χ2n) is 3.40. The second-order valence-corrected chi connectivity index (χ2v) is 4.86. The monoisotopic (exact) mass is 263 g/mol. The van der Waals surface area contributed by atoms with Gasteiger partial charge in [-0.05, 0) is 25.1 Å². The van der Waals surface area contributed by atoms with E-state index in [1.54, 1.807) is 6.92 Å². The number of ether oxygens (including phenoxy) is 1. The van der Waals surface area contributed by atoms with Crippen molar-refractivity contribution in [2.75, 3.05) is 18.9 Å². The summed E-state index contributed by atoms with van der Waals surface area (Å²) in [5.74, 6) is -1.24. The van der Waals surface area contributed by atoms with Crippen LogP contribution in [0, 0.1) is 11.6 Å². The number of hydrogen-bond donors (Lipinski definition) is 1. The highest BCUT2D eigenvalue weighted by atomic mass is 32.2. The van der Waals surface area contributed by atoms with E-state index in [-0.39, 0.29) is 17.2 Å². The second kappa shape index (κ2) is 6.78. The lowest BCUT2D eigenvalue weighted by atomic mass is 10.3. The molecule has 0 aliphatic heterocycles. The summed E-state index contributed by atoms with van der Waals surface area (Å²) < 4.78 is 43.3. The first-order valence-corrected chi connectivity index (χ1v) is 6.55. The zero-order valence-electron chi connectivity index (χ0n) is 9.49. The highest BCUT2D eigenvalue weighted by molar-refractivity contribution is 7.85. The summed E-state index contributed by atoms with van der Waals surface area (Å²) in [6, 6.07) is 2.88. The van der Waals surface area contributed by atoms with Gasteiger partial charge in [-0.15, -0.1) is 0 Å². The van der Waals surface area contributed by atoms with Crippen molar-refractivity contribution in [1.29, 1.82) is 0 Å². The summed E-state index contributed by atoms with van der Waals surface area (Å²) in [6.45, 7) is 2.41. The minimum absolute atomic E-state index is 0.0602. The van der Waals surface area contributed by atoms with E-state index in [2.05, 4.69) is 0 Å². The van der Waals surface area contributed by atoms with Gasteiger partial charge in [0.15, 0.2) is 0 Å². The van der Waals surface area contributed by atoms with Gasteiger partial charge in [-0.1, -0.05) is 0 Å². The minimum atomic E-state index is -1.66. The molecule has 3 nitrogen and oxygen atoms in total. The number of rotatable bonds is 6. The van der Waals surface area contributed by atoms with Gasteiger partial charge in [0.1, 0.15) is 11.6 Å². The molecule has 2 N–H and O–H groups in total. The van der Waals surface area contributed by atoms with Crippen LogP contribution in [0.1, 0.15) is 6.92 Å². The molecule has 0 heterocycles. The molecule has 0 spiro atoms. The van der Waals surface area contributed by atoms with Gasteiger partial charge in [-0.3, -0.25) is 4.21 Å². The molecule has 96 valence electrons. The molecule has 0 amide bonds. The summed E-state index contributed by atoms with van der Waals surface area (Å²) >= 11 is 0. The molecule has 1 rings (SSSR count). The van der Waals surface area contributed by atoms with Gasteiger partial charge in [-0.2, -0.15) is 0 Å². The highest BCUT2D eigenvalue weighted by Crippen LogP contribution is 2.15. The van der Waals surface area contributed by atoms with Gasteiger partial charge in [0, 0.05) is 13.2 Å². The predicted molar refractivity (Wildman–Crippen MR) is 62.1 cm³/mol. The maximum absolute atomic E-state index is 13.3. The molecule has 0 fully saturated rings. The van der Waals surface area contributed by atoms with Crippen LogP contribution in [0.15, 0.2) is 23.1 Å². The molecular formula is C11H15F2NO2S. The first kappa shape index (κ1) is 14.2. The molecular weight excluding hydrogens is 248 g/mol. The summed E-state index contributed by atoms with van der Waals surface area (Å²) in [4.78, 5) is -0.150. The third kappa shape index (κ3) is 4.14. The van der Waals surface area contributed by atoms with Gasteiger partial charge in [0.25, 0.3) is 0 Å². The smallest absolute Gasteiger partial charge is 0.139 e. The van der Waals surface area contributed by atoms with Crippen molar-refractivity contribution in [3.05, 3.63) is 29.8 Å². The molecule has 17 heavy (non-hydrogen) atoms. The van der Waals surface area contributed by atoms with Crippen molar-refractivity contribution in [3.63, 3.8) is 0 Å². The Kier molecular flexibility index (Phi) is 5.67. The van der Waals surface area contributed by atoms with E-state index in [9.17, 15) is 13.0 Å². The van der Waals surface area contributed by atoms with Crippen LogP contribution in [0.4, 0.5) is 8.78 Å². The average Bonchev–Trinajstić information content (AvgIpc) is 2.31. The Morgan fingerprint density at radius 1 is 1.47 bits per heavy atom. The molecule has 1 aromatic carbocycles. The molecule has 2 unspecified atom stereocenters. The third-order valence-corrected chi connectivity index (χ3v) is 3.62. The van der Waals surface area contributed by atoms with E-state index >= 15 is 0 Å². The van der Waals surface area contributed by atoms with E-state index < -0.39 is 28.5 Å². The van der Waals surface area contributed by atoms with Crippen molar-refractivity contribution in [2.45, 2.75) is 17.9 Å². The Morgan fingerprint density at radius 2 is 2.18 bits per heavy atom. The molecule has 0 bridgehead atoms. The fraction of sp³-hybridized carbons (Fsp3) is 0.455. The molecule has 0 aliphatic rings. The van der Waals surface area contributed by atoms with Gasteiger partial charge < -0.3 is 10.5 Å². The van der Waals surface area contributed by atoms with Crippen LogP contribution in [-0.4, -0.2) is 29.2 Å². The maximum Gasteiger partial charge on any atom is 0.139 e. The van der Waals surface area contributed by atoms with Crippen molar-refractivity contribution in [2.24, 2.45) is 5.73 Å². The molecule has 0 radical (unpaired) electrons. The van der Waals surface area contributed by atoms with Gasteiger partial charge >= 0.3 is 0 Å². The van der Waals surface area contributed by atoms with Crippen LogP contribution in [-0.2, 0) is 15.5 Å². The first-order valence-electron chi connectivity index (χ1n) is 5.23. The van der Waals surface area contributed by atoms with Crippen LogP contribution >= 0.6 is 0 Å². The van der Waals surface area contributed by atoms with Crippen molar-refractivity contribution in [3.8, 4) is 0 Å². The summed E-state index contributed by atoms with van der Waals surface area (Å²) in [7, 11) is -1.66.